The summed E-state index contributed by atoms with van der Waals surface area (Å²) in [6.07, 6.45) is 3.22. The number of benzene rings is 1. The Balaban J connectivity index is 2.28. The van der Waals surface area contributed by atoms with Crippen molar-refractivity contribution in [3.63, 3.8) is 0 Å². The zero-order chi connectivity index (χ0) is 14.0. The molecule has 6 nitrogen and oxygen atoms in total. The molecule has 0 radical (unpaired) electrons. The Morgan fingerprint density at radius 3 is 2.79 bits per heavy atom. The summed E-state index contributed by atoms with van der Waals surface area (Å²) in [5, 5.41) is 6.43. The van der Waals surface area contributed by atoms with E-state index in [1.807, 2.05) is 0 Å². The summed E-state index contributed by atoms with van der Waals surface area (Å²) in [6, 6.07) is 4.18. The van der Waals surface area contributed by atoms with E-state index in [4.69, 9.17) is 5.73 Å². The molecule has 19 heavy (non-hydrogen) atoms. The molecule has 0 aliphatic rings. The van der Waals surface area contributed by atoms with E-state index in [9.17, 15) is 8.42 Å². The van der Waals surface area contributed by atoms with Crippen LogP contribution < -0.4 is 10.5 Å². The molecule has 1 heterocycles. The largest absolute Gasteiger partial charge is 0.399 e. The highest BCUT2D eigenvalue weighted by Gasteiger charge is 2.21. The van der Waals surface area contributed by atoms with Crippen LogP contribution in [0.25, 0.3) is 0 Å². The molecule has 0 fully saturated rings. The number of anilines is 1. The van der Waals surface area contributed by atoms with E-state index >= 15 is 0 Å². The summed E-state index contributed by atoms with van der Waals surface area (Å²) in [5.41, 5.74) is 6.85. The van der Waals surface area contributed by atoms with E-state index in [-0.39, 0.29) is 10.9 Å². The second kappa shape index (κ2) is 5.32. The van der Waals surface area contributed by atoms with Crippen molar-refractivity contribution in [1.82, 2.24) is 14.9 Å². The van der Waals surface area contributed by atoms with Crippen LogP contribution in [0.1, 0.15) is 18.5 Å². The van der Waals surface area contributed by atoms with Crippen molar-refractivity contribution in [1.29, 1.82) is 0 Å². The fourth-order valence-electron chi connectivity index (χ4n) is 1.60. The first-order valence-corrected chi connectivity index (χ1v) is 7.74. The number of rotatable bonds is 4. The number of H-pyrrole nitrogens is 1. The molecule has 102 valence electrons. The van der Waals surface area contributed by atoms with Gasteiger partial charge in [0.25, 0.3) is 0 Å². The highest BCUT2D eigenvalue weighted by atomic mass is 79.9. The predicted molar refractivity (Wildman–Crippen MR) is 75.9 cm³/mol. The second-order valence-corrected chi connectivity index (χ2v) is 6.60. The van der Waals surface area contributed by atoms with Gasteiger partial charge in [-0.2, -0.15) is 5.10 Å². The van der Waals surface area contributed by atoms with Gasteiger partial charge in [-0.3, -0.25) is 5.10 Å². The minimum Gasteiger partial charge on any atom is -0.399 e. The zero-order valence-electron chi connectivity index (χ0n) is 10.1. The number of aromatic amines is 1. The molecule has 0 aliphatic heterocycles. The SMILES string of the molecule is CC(NS(=O)(=O)c1ccc(N)cc1Br)c1cn[nH]c1. The van der Waals surface area contributed by atoms with Crippen LogP contribution in [0.4, 0.5) is 5.69 Å². The minimum atomic E-state index is -3.63. The fraction of sp³-hybridized carbons (Fsp3) is 0.182. The molecule has 2 rings (SSSR count). The van der Waals surface area contributed by atoms with Crippen molar-refractivity contribution < 1.29 is 8.42 Å². The molecule has 0 aliphatic carbocycles. The molecule has 0 spiro atoms. The summed E-state index contributed by atoms with van der Waals surface area (Å²) in [7, 11) is -3.63. The lowest BCUT2D eigenvalue weighted by Crippen LogP contribution is -2.27. The highest BCUT2D eigenvalue weighted by molar-refractivity contribution is 9.10. The average molecular weight is 345 g/mol. The van der Waals surface area contributed by atoms with Crippen LogP contribution in [0.3, 0.4) is 0 Å². The first-order chi connectivity index (χ1) is 8.90. The van der Waals surface area contributed by atoms with Crippen LogP contribution in [0.5, 0.6) is 0 Å². The van der Waals surface area contributed by atoms with Gasteiger partial charge in [0.15, 0.2) is 0 Å². The number of aromatic nitrogens is 2. The number of nitrogens with one attached hydrogen (secondary N) is 2. The normalized spacial score (nSPS) is 13.4. The Morgan fingerprint density at radius 1 is 1.47 bits per heavy atom. The zero-order valence-corrected chi connectivity index (χ0v) is 12.5. The number of nitrogen functional groups attached to an aromatic ring is 1. The van der Waals surface area contributed by atoms with Gasteiger partial charge in [-0.1, -0.05) is 0 Å². The molecule has 0 amide bonds. The summed E-state index contributed by atoms with van der Waals surface area (Å²) in [4.78, 5) is 0.150. The van der Waals surface area contributed by atoms with Crippen molar-refractivity contribution in [2.45, 2.75) is 17.9 Å². The first-order valence-electron chi connectivity index (χ1n) is 5.46. The van der Waals surface area contributed by atoms with Crippen LogP contribution >= 0.6 is 15.9 Å². The van der Waals surface area contributed by atoms with Gasteiger partial charge in [0, 0.05) is 28.0 Å². The number of hydrogen-bond donors (Lipinski definition) is 3. The van der Waals surface area contributed by atoms with Gasteiger partial charge in [-0.25, -0.2) is 13.1 Å². The number of sulfonamides is 1. The van der Waals surface area contributed by atoms with Gasteiger partial charge in [-0.15, -0.1) is 0 Å². The minimum absolute atomic E-state index is 0.150. The molecule has 2 aromatic rings. The molecule has 0 bridgehead atoms. The Morgan fingerprint density at radius 2 is 2.21 bits per heavy atom. The molecule has 8 heteroatoms. The monoisotopic (exact) mass is 344 g/mol. The van der Waals surface area contributed by atoms with E-state index in [0.717, 1.165) is 5.56 Å². The van der Waals surface area contributed by atoms with Crippen molar-refractivity contribution in [2.75, 3.05) is 5.73 Å². The van der Waals surface area contributed by atoms with Gasteiger partial charge in [0.1, 0.15) is 0 Å². The number of hydrogen-bond acceptors (Lipinski definition) is 4. The van der Waals surface area contributed by atoms with E-state index in [0.29, 0.717) is 10.2 Å². The van der Waals surface area contributed by atoms with Crippen LogP contribution in [0.15, 0.2) is 40.0 Å². The number of halogens is 1. The first kappa shape index (κ1) is 14.0. The number of nitrogens with zero attached hydrogens (tertiary/aromatic N) is 1. The summed E-state index contributed by atoms with van der Waals surface area (Å²) in [5.74, 6) is 0. The molecule has 0 saturated heterocycles. The molecule has 1 unspecified atom stereocenters. The maximum Gasteiger partial charge on any atom is 0.242 e. The van der Waals surface area contributed by atoms with E-state index in [2.05, 4.69) is 30.8 Å². The molecule has 1 aromatic carbocycles. The van der Waals surface area contributed by atoms with Crippen molar-refractivity contribution in [2.24, 2.45) is 0 Å². The molecular formula is C11H13BrN4O2S. The maximum atomic E-state index is 12.3. The Labute approximate surface area is 119 Å². The molecule has 0 saturated carbocycles. The highest BCUT2D eigenvalue weighted by Crippen LogP contribution is 2.25. The maximum absolute atomic E-state index is 12.3. The smallest absolute Gasteiger partial charge is 0.242 e. The predicted octanol–water partition coefficient (Wildman–Crippen LogP) is 1.79. The lowest BCUT2D eigenvalue weighted by atomic mass is 10.2. The van der Waals surface area contributed by atoms with Crippen molar-refractivity contribution in [3.8, 4) is 0 Å². The number of nitrogens with two attached hydrogens (primary N) is 1. The van der Waals surface area contributed by atoms with Gasteiger partial charge < -0.3 is 5.73 Å². The van der Waals surface area contributed by atoms with Crippen LogP contribution in [0.2, 0.25) is 0 Å². The van der Waals surface area contributed by atoms with Crippen LogP contribution in [-0.2, 0) is 10.0 Å². The fourth-order valence-corrected chi connectivity index (χ4v) is 3.92. The third kappa shape index (κ3) is 3.14. The second-order valence-electron chi connectivity index (χ2n) is 4.06. The molecule has 1 atom stereocenters. The van der Waals surface area contributed by atoms with Crippen LogP contribution in [0, 0.1) is 0 Å². The quantitative estimate of drug-likeness (QED) is 0.736. The van der Waals surface area contributed by atoms with Crippen molar-refractivity contribution >= 4 is 31.6 Å². The summed E-state index contributed by atoms with van der Waals surface area (Å²) in [6.45, 7) is 1.74. The Kier molecular flexibility index (Phi) is 3.93. The topological polar surface area (TPSA) is 101 Å². The van der Waals surface area contributed by atoms with E-state index in [1.54, 1.807) is 31.5 Å². The summed E-state index contributed by atoms with van der Waals surface area (Å²) < 4.78 is 27.5. The van der Waals surface area contributed by atoms with Crippen molar-refractivity contribution in [3.05, 3.63) is 40.6 Å². The third-order valence-corrected chi connectivity index (χ3v) is 5.11. The average Bonchev–Trinajstić information content (AvgIpc) is 2.80. The summed E-state index contributed by atoms with van der Waals surface area (Å²) >= 11 is 3.20. The Bertz CT molecular complexity index is 670. The van der Waals surface area contributed by atoms with E-state index < -0.39 is 10.0 Å². The van der Waals surface area contributed by atoms with Gasteiger partial charge in [-0.05, 0) is 41.1 Å². The molecule has 1 aromatic heterocycles. The van der Waals surface area contributed by atoms with Crippen LogP contribution in [-0.4, -0.2) is 18.6 Å². The lowest BCUT2D eigenvalue weighted by molar-refractivity contribution is 0.566. The standard InChI is InChI=1S/C11H13BrN4O2S/c1-7(8-5-14-15-6-8)16-19(17,18)11-3-2-9(13)4-10(11)12/h2-7,16H,13H2,1H3,(H,14,15). The molecular weight excluding hydrogens is 332 g/mol. The van der Waals surface area contributed by atoms with Gasteiger partial charge in [0.2, 0.25) is 10.0 Å². The third-order valence-electron chi connectivity index (χ3n) is 2.60. The van der Waals surface area contributed by atoms with Gasteiger partial charge >= 0.3 is 0 Å². The Hall–Kier alpha value is -1.38. The lowest BCUT2D eigenvalue weighted by Gasteiger charge is -2.13. The van der Waals surface area contributed by atoms with E-state index in [1.165, 1.54) is 6.07 Å². The molecule has 4 N–H and O–H groups in total. The van der Waals surface area contributed by atoms with Gasteiger partial charge in [0.05, 0.1) is 11.1 Å².